The van der Waals surface area contributed by atoms with E-state index < -0.39 is 0 Å². The predicted molar refractivity (Wildman–Crippen MR) is 261 cm³/mol. The molecule has 0 heterocycles. The molecule has 0 spiro atoms. The first kappa shape index (κ1) is 42.0. The van der Waals surface area contributed by atoms with Gasteiger partial charge in [0.1, 0.15) is 46.0 Å². The highest BCUT2D eigenvalue weighted by molar-refractivity contribution is 6.23. The number of anilines is 4. The first-order valence-corrected chi connectivity index (χ1v) is 20.9. The Kier molecular flexibility index (Phi) is 11.8. The molecule has 0 amide bonds. The van der Waals surface area contributed by atoms with Crippen LogP contribution in [0.1, 0.15) is 31.8 Å². The molecule has 0 aliphatic heterocycles. The summed E-state index contributed by atoms with van der Waals surface area (Å²) in [6.45, 7) is 0. The van der Waals surface area contributed by atoms with Crippen molar-refractivity contribution in [3.63, 3.8) is 0 Å². The van der Waals surface area contributed by atoms with Crippen LogP contribution in [0.2, 0.25) is 0 Å². The van der Waals surface area contributed by atoms with Crippen molar-refractivity contribution in [3.05, 3.63) is 229 Å². The molecule has 10 nitrogen and oxygen atoms in total. The van der Waals surface area contributed by atoms with Crippen LogP contribution in [0.5, 0.6) is 46.0 Å². The number of carbonyl (C=O) groups excluding carboxylic acids is 2. The van der Waals surface area contributed by atoms with Crippen molar-refractivity contribution in [2.45, 2.75) is 0 Å². The Balaban J connectivity index is 1.15. The van der Waals surface area contributed by atoms with Gasteiger partial charge in [-0.1, -0.05) is 42.5 Å². The molecule has 0 bridgehead atoms. The lowest BCUT2D eigenvalue weighted by molar-refractivity contribution is 0.100. The number of ether oxygens (including phenoxy) is 4. The number of nitrogen functional groups attached to an aromatic ring is 4. The zero-order valence-corrected chi connectivity index (χ0v) is 35.4. The van der Waals surface area contributed by atoms with Gasteiger partial charge < -0.3 is 41.9 Å². The molecule has 0 aliphatic carbocycles. The molecule has 8 N–H and O–H groups in total. The Labute approximate surface area is 381 Å². The first-order valence-electron chi connectivity index (χ1n) is 20.9. The van der Waals surface area contributed by atoms with Crippen LogP contribution in [0.3, 0.4) is 0 Å². The van der Waals surface area contributed by atoms with Crippen LogP contribution in [-0.4, -0.2) is 11.6 Å². The number of benzene rings is 9. The average Bonchev–Trinajstić information content (AvgIpc) is 3.33. The van der Waals surface area contributed by atoms with Crippen LogP contribution in [0.4, 0.5) is 22.7 Å². The summed E-state index contributed by atoms with van der Waals surface area (Å²) in [7, 11) is 0. The Hall–Kier alpha value is -9.28. The maximum absolute atomic E-state index is 15.3. The minimum absolute atomic E-state index is 0.204. The van der Waals surface area contributed by atoms with Crippen molar-refractivity contribution < 1.29 is 28.5 Å². The molecule has 0 saturated carbocycles. The summed E-state index contributed by atoms with van der Waals surface area (Å²) in [6.07, 6.45) is 0. The van der Waals surface area contributed by atoms with Crippen LogP contribution in [-0.2, 0) is 0 Å². The highest BCUT2D eigenvalue weighted by Gasteiger charge is 2.27. The molecule has 0 atom stereocenters. The standard InChI is InChI=1S/C56H42N4O6/c57-39-15-27-47(28-16-39)63-43-23-11-37(12-24-43)55(61)52-32-31-51(35-7-19-45(20-8-35)65-49-5-1-3-41(59)33-49)53(36-9-21-46(22-10-36)66-50-6-2-4-42(60)34-50)54(52)56(62)38-13-25-44(26-14-38)64-48-29-17-40(58)18-30-48/h1-34H,57-60H2. The summed E-state index contributed by atoms with van der Waals surface area (Å²) in [4.78, 5) is 30.1. The number of nitrogens with two attached hydrogens (primary N) is 4. The van der Waals surface area contributed by atoms with Crippen molar-refractivity contribution in [1.82, 2.24) is 0 Å². The Morgan fingerprint density at radius 3 is 1.11 bits per heavy atom. The van der Waals surface area contributed by atoms with E-state index >= 15 is 4.79 Å². The van der Waals surface area contributed by atoms with Gasteiger partial charge in [-0.2, -0.15) is 0 Å². The highest BCUT2D eigenvalue weighted by atomic mass is 16.5. The average molecular weight is 867 g/mol. The van der Waals surface area contributed by atoms with Crippen LogP contribution in [0.15, 0.2) is 206 Å². The van der Waals surface area contributed by atoms with Crippen LogP contribution >= 0.6 is 0 Å². The van der Waals surface area contributed by atoms with E-state index in [1.54, 1.807) is 127 Å². The van der Waals surface area contributed by atoms with E-state index in [-0.39, 0.29) is 22.7 Å². The van der Waals surface area contributed by atoms with E-state index in [9.17, 15) is 4.79 Å². The van der Waals surface area contributed by atoms with E-state index in [0.717, 1.165) is 5.56 Å². The molecule has 9 aromatic rings. The van der Waals surface area contributed by atoms with Gasteiger partial charge in [0.05, 0.1) is 0 Å². The molecule has 0 aromatic heterocycles. The quantitative estimate of drug-likeness (QED) is 0.0608. The predicted octanol–water partition coefficient (Wildman–Crippen LogP) is 13.0. The number of carbonyl (C=O) groups is 2. The minimum atomic E-state index is -0.376. The second kappa shape index (κ2) is 18.6. The van der Waals surface area contributed by atoms with Gasteiger partial charge in [0.15, 0.2) is 11.6 Å². The SMILES string of the molecule is Nc1ccc(Oc2ccc(C(=O)c3ccc(-c4ccc(Oc5cccc(N)c5)cc4)c(-c4ccc(Oc5cccc(N)c5)cc4)c3C(=O)c3ccc(Oc4ccc(N)cc4)cc3)cc2)cc1. The molecular formula is C56H42N4O6. The zero-order chi connectivity index (χ0) is 45.6. The van der Waals surface area contributed by atoms with Gasteiger partial charge >= 0.3 is 0 Å². The molecular weight excluding hydrogens is 825 g/mol. The first-order chi connectivity index (χ1) is 32.1. The normalized spacial score (nSPS) is 10.8. The number of hydrogen-bond acceptors (Lipinski definition) is 10. The van der Waals surface area contributed by atoms with Gasteiger partial charge in [-0.05, 0) is 168 Å². The summed E-state index contributed by atoms with van der Waals surface area (Å²) in [5.74, 6) is 3.77. The van der Waals surface area contributed by atoms with E-state index in [1.807, 2.05) is 78.9 Å². The zero-order valence-electron chi connectivity index (χ0n) is 35.4. The lowest BCUT2D eigenvalue weighted by Crippen LogP contribution is -2.14. The van der Waals surface area contributed by atoms with E-state index in [1.165, 1.54) is 0 Å². The number of ketones is 2. The maximum atomic E-state index is 15.3. The summed E-state index contributed by atoms with van der Waals surface area (Å²) in [5, 5.41) is 0. The van der Waals surface area contributed by atoms with Gasteiger partial charge in [0.25, 0.3) is 0 Å². The topological polar surface area (TPSA) is 175 Å². The van der Waals surface area contributed by atoms with Crippen LogP contribution < -0.4 is 41.9 Å². The van der Waals surface area contributed by atoms with E-state index in [4.69, 9.17) is 41.9 Å². The van der Waals surface area contributed by atoms with Gasteiger partial charge in [-0.25, -0.2) is 0 Å². The van der Waals surface area contributed by atoms with E-state index in [2.05, 4.69) is 0 Å². The molecule has 0 unspecified atom stereocenters. The van der Waals surface area contributed by atoms with Crippen molar-refractivity contribution in [2.24, 2.45) is 0 Å². The maximum Gasteiger partial charge on any atom is 0.194 e. The summed E-state index contributed by atoms with van der Waals surface area (Å²) in [5.41, 5.74) is 29.9. The number of hydrogen-bond donors (Lipinski definition) is 4. The molecule has 9 aromatic carbocycles. The van der Waals surface area contributed by atoms with Crippen molar-refractivity contribution in [1.29, 1.82) is 0 Å². The second-order valence-electron chi connectivity index (χ2n) is 15.4. The molecule has 66 heavy (non-hydrogen) atoms. The molecule has 322 valence electrons. The fourth-order valence-corrected chi connectivity index (χ4v) is 7.38. The second-order valence-corrected chi connectivity index (χ2v) is 15.4. The molecule has 0 radical (unpaired) electrons. The summed E-state index contributed by atoms with van der Waals surface area (Å²) in [6, 6.07) is 60.5. The minimum Gasteiger partial charge on any atom is -0.457 e. The molecule has 0 aliphatic rings. The van der Waals surface area contributed by atoms with Gasteiger partial charge in [-0.15, -0.1) is 0 Å². The van der Waals surface area contributed by atoms with Crippen LogP contribution in [0.25, 0.3) is 22.3 Å². The summed E-state index contributed by atoms with van der Waals surface area (Å²) >= 11 is 0. The summed E-state index contributed by atoms with van der Waals surface area (Å²) < 4.78 is 24.4. The molecule has 10 heteroatoms. The lowest BCUT2D eigenvalue weighted by atomic mass is 9.82. The lowest BCUT2D eigenvalue weighted by Gasteiger charge is -2.20. The van der Waals surface area contributed by atoms with Crippen molar-refractivity contribution in [2.75, 3.05) is 22.9 Å². The molecule has 9 rings (SSSR count). The largest absolute Gasteiger partial charge is 0.457 e. The fraction of sp³-hybridized carbons (Fsp3) is 0. The third kappa shape index (κ3) is 9.68. The third-order valence-electron chi connectivity index (χ3n) is 10.6. The van der Waals surface area contributed by atoms with Gasteiger partial charge in [-0.3, -0.25) is 9.59 Å². The Bertz CT molecular complexity index is 3170. The Morgan fingerprint density at radius 2 is 0.682 bits per heavy atom. The van der Waals surface area contributed by atoms with Crippen molar-refractivity contribution >= 4 is 34.3 Å². The van der Waals surface area contributed by atoms with Crippen molar-refractivity contribution in [3.8, 4) is 68.2 Å². The van der Waals surface area contributed by atoms with E-state index in [0.29, 0.717) is 96.6 Å². The van der Waals surface area contributed by atoms with Crippen LogP contribution in [0, 0.1) is 0 Å². The van der Waals surface area contributed by atoms with Gasteiger partial charge in [0, 0.05) is 62.7 Å². The fourth-order valence-electron chi connectivity index (χ4n) is 7.38. The molecule has 0 saturated heterocycles. The molecule has 0 fully saturated rings. The highest BCUT2D eigenvalue weighted by Crippen LogP contribution is 2.41. The number of rotatable bonds is 14. The Morgan fingerprint density at radius 1 is 0.318 bits per heavy atom. The smallest absolute Gasteiger partial charge is 0.194 e. The van der Waals surface area contributed by atoms with Gasteiger partial charge in [0.2, 0.25) is 0 Å². The monoisotopic (exact) mass is 866 g/mol. The third-order valence-corrected chi connectivity index (χ3v) is 10.6.